The molecule has 0 saturated carbocycles. The zero-order valence-corrected chi connectivity index (χ0v) is 45.4. The zero-order chi connectivity index (χ0) is 59.4. The summed E-state index contributed by atoms with van der Waals surface area (Å²) in [5.74, 6) is -1.61. The zero-order valence-electron chi connectivity index (χ0n) is 54.4. The van der Waals surface area contributed by atoms with E-state index in [1.165, 1.54) is 85.1 Å². The number of hydrogen-bond acceptors (Lipinski definition) is 0. The molecular weight excluding hydrogens is 849 g/mol. The summed E-state index contributed by atoms with van der Waals surface area (Å²) in [5.41, 5.74) is 26.1. The van der Waals surface area contributed by atoms with Gasteiger partial charge in [-0.15, -0.1) is 0 Å². The highest BCUT2D eigenvalue weighted by atomic mass is 14.9. The second kappa shape index (κ2) is 23.9. The Bertz CT molecular complexity index is 3390. The maximum absolute atomic E-state index is 8.24. The minimum Gasteiger partial charge on any atom is -0.201 e. The van der Waals surface area contributed by atoms with E-state index in [4.69, 9.17) is 12.3 Å². The Morgan fingerprint density at radius 3 is 1.40 bits per heavy atom. The quantitative estimate of drug-likeness (QED) is 0.148. The molecule has 0 radical (unpaired) electrons. The van der Waals surface area contributed by atoms with Crippen molar-refractivity contribution in [3.8, 4) is 45.0 Å². The third-order valence-electron chi connectivity index (χ3n) is 13.8. The highest BCUT2D eigenvalue weighted by Gasteiger charge is 2.20. The number of hydrogen-bond donors (Lipinski definition) is 0. The fraction of sp³-hybridized carbons (Fsp3) is 0.333. The summed E-state index contributed by atoms with van der Waals surface area (Å²) in [6.45, 7) is 23.7. The van der Waals surface area contributed by atoms with Crippen molar-refractivity contribution in [2.45, 2.75) is 123 Å². The molecule has 0 N–H and O–H groups in total. The van der Waals surface area contributed by atoms with Crippen LogP contribution in [0.2, 0.25) is 0 Å². The van der Waals surface area contributed by atoms with E-state index < -0.39 is 26.0 Å². The first-order valence-electron chi connectivity index (χ1n) is 28.7. The average Bonchev–Trinajstić information content (AvgIpc) is 3.44. The minimum atomic E-state index is -2.69. The fourth-order valence-electron chi connectivity index (χ4n) is 9.00. The SMILES string of the molecule is Cc1cc(C)c(-c2cccc[n+]2C)cc1C.Cc1ccc(-c2cc(C)c(C)cc2C)[n+](C)c1.[2H]C([2H])([2H])C([2H])(C)c1ccc(-c2c(C)c(C)cc[n+]2C)c(C)c1.[2H]C([2H])([2H])C([2H])([2H])c1ccc(-c2c(C)c(C)cc[n+]2C)c(C)c1. The van der Waals surface area contributed by atoms with E-state index in [-0.39, 0.29) is 5.56 Å². The van der Waals surface area contributed by atoms with Crippen molar-refractivity contribution in [1.29, 1.82) is 0 Å². The summed E-state index contributed by atoms with van der Waals surface area (Å²) >= 11 is 0. The molecule has 1 atom stereocenters. The van der Waals surface area contributed by atoms with Gasteiger partial charge in [0.15, 0.2) is 24.8 Å². The molecule has 0 saturated heterocycles. The van der Waals surface area contributed by atoms with E-state index in [0.717, 1.165) is 39.2 Å². The number of aromatic nitrogens is 4. The molecule has 0 aliphatic rings. The van der Waals surface area contributed by atoms with E-state index in [1.807, 2.05) is 63.1 Å². The van der Waals surface area contributed by atoms with E-state index in [1.54, 1.807) is 18.2 Å². The summed E-state index contributed by atoms with van der Waals surface area (Å²) in [5, 5.41) is 0. The van der Waals surface area contributed by atoms with E-state index in [0.29, 0.717) is 5.56 Å². The number of aryl methyl sites for hydroxylation is 16. The molecular formula is C66H84N4+4. The number of rotatable bonds is 6. The Balaban J connectivity index is 0.000000196. The van der Waals surface area contributed by atoms with Crippen LogP contribution in [0, 0.1) is 90.0 Å². The maximum Gasteiger partial charge on any atom is 0.215 e. The van der Waals surface area contributed by atoms with Crippen LogP contribution in [0.4, 0.5) is 0 Å². The smallest absolute Gasteiger partial charge is 0.201 e. The van der Waals surface area contributed by atoms with Gasteiger partial charge >= 0.3 is 0 Å². The Labute approximate surface area is 436 Å². The Hall–Kier alpha value is -6.52. The molecule has 364 valence electrons. The molecule has 8 rings (SSSR count). The van der Waals surface area contributed by atoms with E-state index in [9.17, 15) is 0 Å². The van der Waals surface area contributed by atoms with Crippen LogP contribution < -0.4 is 18.3 Å². The Morgan fingerprint density at radius 2 is 0.929 bits per heavy atom. The lowest BCUT2D eigenvalue weighted by molar-refractivity contribution is -0.660. The van der Waals surface area contributed by atoms with Crippen LogP contribution in [-0.2, 0) is 34.6 Å². The predicted molar refractivity (Wildman–Crippen MR) is 297 cm³/mol. The molecule has 8 aromatic rings. The van der Waals surface area contributed by atoms with Gasteiger partial charge in [-0.1, -0.05) is 57.0 Å². The molecule has 0 bridgehead atoms. The lowest BCUT2D eigenvalue weighted by atomic mass is 9.94. The third kappa shape index (κ3) is 13.0. The van der Waals surface area contributed by atoms with Gasteiger partial charge in [0, 0.05) is 81.6 Å². The lowest BCUT2D eigenvalue weighted by Gasteiger charge is -2.12. The molecule has 4 heteroatoms. The van der Waals surface area contributed by atoms with Gasteiger partial charge in [0.2, 0.25) is 22.8 Å². The molecule has 4 aromatic heterocycles. The number of benzene rings is 4. The number of pyridine rings is 4. The van der Waals surface area contributed by atoms with Crippen LogP contribution in [0.5, 0.6) is 0 Å². The minimum absolute atomic E-state index is 0.187. The molecule has 0 aliphatic carbocycles. The van der Waals surface area contributed by atoms with Crippen LogP contribution in [0.25, 0.3) is 45.0 Å². The fourth-order valence-corrected chi connectivity index (χ4v) is 9.00. The summed E-state index contributed by atoms with van der Waals surface area (Å²) in [6.07, 6.45) is 5.92. The highest BCUT2D eigenvalue weighted by Crippen LogP contribution is 2.29. The first kappa shape index (κ1) is 42.4. The van der Waals surface area contributed by atoms with Crippen LogP contribution in [0.3, 0.4) is 0 Å². The molecule has 0 aliphatic heterocycles. The van der Waals surface area contributed by atoms with Gasteiger partial charge in [-0.3, -0.25) is 0 Å². The Morgan fingerprint density at radius 1 is 0.443 bits per heavy atom. The summed E-state index contributed by atoms with van der Waals surface area (Å²) in [4.78, 5) is 0. The van der Waals surface area contributed by atoms with Gasteiger partial charge < -0.3 is 0 Å². The van der Waals surface area contributed by atoms with Gasteiger partial charge in [0.1, 0.15) is 28.2 Å². The van der Waals surface area contributed by atoms with Crippen molar-refractivity contribution in [1.82, 2.24) is 0 Å². The van der Waals surface area contributed by atoms with Crippen molar-refractivity contribution in [2.75, 3.05) is 0 Å². The number of nitrogens with zero attached hydrogens (tertiary/aromatic N) is 4. The van der Waals surface area contributed by atoms with Crippen molar-refractivity contribution in [3.05, 3.63) is 211 Å². The largest absolute Gasteiger partial charge is 0.215 e. The molecule has 1 unspecified atom stereocenters. The summed E-state index contributed by atoms with van der Waals surface area (Å²) in [6, 6.07) is 34.5. The molecule has 0 spiro atoms. The molecule has 0 fully saturated rings. The van der Waals surface area contributed by atoms with Gasteiger partial charge in [-0.05, 0) is 205 Å². The van der Waals surface area contributed by atoms with E-state index >= 15 is 0 Å². The first-order valence-corrected chi connectivity index (χ1v) is 24.2. The molecule has 4 heterocycles. The first-order chi connectivity index (χ1) is 36.5. The maximum atomic E-state index is 8.24. The second-order valence-electron chi connectivity index (χ2n) is 19.4. The van der Waals surface area contributed by atoms with Gasteiger partial charge in [0.25, 0.3) is 0 Å². The third-order valence-corrected chi connectivity index (χ3v) is 13.8. The van der Waals surface area contributed by atoms with Gasteiger partial charge in [-0.25, -0.2) is 18.3 Å². The van der Waals surface area contributed by atoms with Crippen molar-refractivity contribution < 1.29 is 30.6 Å². The average molecular weight is 942 g/mol. The second-order valence-corrected chi connectivity index (χ2v) is 19.4. The van der Waals surface area contributed by atoms with Crippen LogP contribution in [0.15, 0.2) is 128 Å². The molecule has 4 nitrogen and oxygen atoms in total. The van der Waals surface area contributed by atoms with Crippen molar-refractivity contribution in [2.24, 2.45) is 28.2 Å². The standard InChI is InChI=1S/C18H24N.C17H22N.C16H20N.C15H18N/c1-12(2)16-7-8-17(14(4)11-16)18-15(5)13(3)9-10-19(18)6;1-6-15-7-8-16(13(3)11-15)17-14(4)12(2)9-10-18(17)5;1-11-6-7-16(17(5)10-11)15-9-13(3)12(2)8-14(15)4;1-11-9-13(3)14(10-12(11)2)15-7-5-6-8-16(15)4/h7-12H,1-6H3;7-11H,6H2,1-5H3;6-10H,1-5H3;5-10H,1-4H3/q4*+1/i1D3,12D;1D3,6D2;;. The van der Waals surface area contributed by atoms with Crippen LogP contribution in [0.1, 0.15) is 122 Å². The van der Waals surface area contributed by atoms with Gasteiger partial charge in [-0.2, -0.15) is 0 Å². The Kier molecular flexibility index (Phi) is 14.4. The highest BCUT2D eigenvalue weighted by molar-refractivity contribution is 5.67. The normalized spacial score (nSPS) is 14.1. The molecule has 0 amide bonds. The van der Waals surface area contributed by atoms with Crippen molar-refractivity contribution in [3.63, 3.8) is 0 Å². The summed E-state index contributed by atoms with van der Waals surface area (Å²) < 4.78 is 77.6. The van der Waals surface area contributed by atoms with E-state index in [2.05, 4.69) is 183 Å². The molecule has 70 heavy (non-hydrogen) atoms. The predicted octanol–water partition coefficient (Wildman–Crippen LogP) is 14.4. The molecule has 4 aromatic carbocycles. The topological polar surface area (TPSA) is 15.5 Å². The van der Waals surface area contributed by atoms with Crippen molar-refractivity contribution >= 4 is 0 Å². The monoisotopic (exact) mass is 942 g/mol. The summed E-state index contributed by atoms with van der Waals surface area (Å²) in [7, 11) is 8.17. The van der Waals surface area contributed by atoms with Crippen LogP contribution in [-0.4, -0.2) is 0 Å². The van der Waals surface area contributed by atoms with Crippen LogP contribution >= 0.6 is 0 Å². The van der Waals surface area contributed by atoms with Gasteiger partial charge in [0.05, 0.1) is 0 Å². The lowest BCUT2D eigenvalue weighted by Crippen LogP contribution is -2.32.